The van der Waals surface area contributed by atoms with Crippen LogP contribution < -0.4 is 5.32 Å². The zero-order valence-corrected chi connectivity index (χ0v) is 14.9. The van der Waals surface area contributed by atoms with Crippen molar-refractivity contribution in [3.8, 4) is 0 Å². The van der Waals surface area contributed by atoms with E-state index in [-0.39, 0.29) is 24.0 Å². The average molecular weight is 324 g/mol. The van der Waals surface area contributed by atoms with Crippen molar-refractivity contribution in [2.45, 2.75) is 83.8 Å². The molecule has 0 aromatic carbocycles. The summed E-state index contributed by atoms with van der Waals surface area (Å²) in [5.41, 5.74) is -0.475. The second-order valence-corrected chi connectivity index (χ2v) is 7.96. The van der Waals surface area contributed by atoms with Crippen LogP contribution in [0, 0.1) is 5.92 Å². The molecule has 2 amide bonds. The van der Waals surface area contributed by atoms with Crippen LogP contribution in [0.4, 0.5) is 4.79 Å². The highest BCUT2D eigenvalue weighted by molar-refractivity contribution is 5.79. The van der Waals surface area contributed by atoms with Gasteiger partial charge in [-0.25, -0.2) is 4.79 Å². The van der Waals surface area contributed by atoms with E-state index >= 15 is 0 Å². The largest absolute Gasteiger partial charge is 0.444 e. The number of likely N-dealkylation sites (tertiary alicyclic amines) is 1. The molecule has 0 aromatic heterocycles. The molecule has 1 saturated heterocycles. The number of nitrogens with one attached hydrogen (secondary N) is 1. The summed E-state index contributed by atoms with van der Waals surface area (Å²) in [7, 11) is 0. The van der Waals surface area contributed by atoms with E-state index in [1.54, 1.807) is 4.90 Å². The topological polar surface area (TPSA) is 58.6 Å². The smallest absolute Gasteiger partial charge is 0.410 e. The summed E-state index contributed by atoms with van der Waals surface area (Å²) in [5.74, 6) is 0.341. The quantitative estimate of drug-likeness (QED) is 0.846. The molecule has 0 radical (unpaired) electrons. The summed E-state index contributed by atoms with van der Waals surface area (Å²) in [4.78, 5) is 26.2. The Hall–Kier alpha value is -1.26. The molecule has 0 unspecified atom stereocenters. The lowest BCUT2D eigenvalue weighted by Gasteiger charge is -2.25. The van der Waals surface area contributed by atoms with Crippen molar-refractivity contribution in [3.05, 3.63) is 0 Å². The van der Waals surface area contributed by atoms with E-state index in [9.17, 15) is 9.59 Å². The first kappa shape index (κ1) is 18.1. The van der Waals surface area contributed by atoms with Gasteiger partial charge in [0.2, 0.25) is 5.91 Å². The maximum Gasteiger partial charge on any atom is 0.410 e. The van der Waals surface area contributed by atoms with E-state index in [0.717, 1.165) is 32.1 Å². The minimum absolute atomic E-state index is 0.0699. The van der Waals surface area contributed by atoms with E-state index < -0.39 is 5.60 Å². The van der Waals surface area contributed by atoms with Crippen LogP contribution in [0.2, 0.25) is 0 Å². The number of hydrogen-bond donors (Lipinski definition) is 1. The maximum atomic E-state index is 12.5. The van der Waals surface area contributed by atoms with Gasteiger partial charge in [0, 0.05) is 25.0 Å². The van der Waals surface area contributed by atoms with Crippen molar-refractivity contribution >= 4 is 12.0 Å². The summed E-state index contributed by atoms with van der Waals surface area (Å²) in [6.07, 6.45) is 8.68. The van der Waals surface area contributed by atoms with Crippen LogP contribution >= 0.6 is 0 Å². The lowest BCUT2D eigenvalue weighted by molar-refractivity contribution is -0.126. The van der Waals surface area contributed by atoms with Gasteiger partial charge in [-0.2, -0.15) is 0 Å². The molecule has 5 nitrogen and oxygen atoms in total. The standard InChI is InChI=1S/C18H32N2O3/c1-18(2,3)23-17(22)20-12-11-15(13-20)19-16(21)14-9-7-5-4-6-8-10-14/h14-15H,4-13H2,1-3H3,(H,19,21)/t15-/m1/s1. The maximum absolute atomic E-state index is 12.5. The molecule has 0 bridgehead atoms. The van der Waals surface area contributed by atoms with Crippen LogP contribution in [0.1, 0.15) is 72.1 Å². The molecule has 1 aliphatic heterocycles. The fourth-order valence-electron chi connectivity index (χ4n) is 3.41. The second-order valence-electron chi connectivity index (χ2n) is 7.96. The first-order chi connectivity index (χ1) is 10.8. The molecule has 0 spiro atoms. The summed E-state index contributed by atoms with van der Waals surface area (Å²) >= 11 is 0. The van der Waals surface area contributed by atoms with Crippen LogP contribution in [-0.2, 0) is 9.53 Å². The summed E-state index contributed by atoms with van der Waals surface area (Å²) in [6.45, 7) is 6.83. The van der Waals surface area contributed by atoms with E-state index in [4.69, 9.17) is 4.74 Å². The van der Waals surface area contributed by atoms with Crippen LogP contribution in [0.3, 0.4) is 0 Å². The lowest BCUT2D eigenvalue weighted by atomic mass is 9.90. The Morgan fingerprint density at radius 2 is 1.61 bits per heavy atom. The van der Waals surface area contributed by atoms with E-state index in [1.807, 2.05) is 20.8 Å². The van der Waals surface area contributed by atoms with E-state index in [2.05, 4.69) is 5.32 Å². The minimum Gasteiger partial charge on any atom is -0.444 e. The number of ether oxygens (including phenoxy) is 1. The van der Waals surface area contributed by atoms with Gasteiger partial charge in [-0.3, -0.25) is 4.79 Å². The van der Waals surface area contributed by atoms with Gasteiger partial charge in [0.15, 0.2) is 0 Å². The average Bonchev–Trinajstić information content (AvgIpc) is 2.84. The first-order valence-electron chi connectivity index (χ1n) is 9.13. The second kappa shape index (κ2) is 8.02. The van der Waals surface area contributed by atoms with Gasteiger partial charge < -0.3 is 15.0 Å². The van der Waals surface area contributed by atoms with Crippen molar-refractivity contribution < 1.29 is 14.3 Å². The van der Waals surface area contributed by atoms with Crippen LogP contribution in [0.15, 0.2) is 0 Å². The number of amides is 2. The molecule has 2 rings (SSSR count). The molecule has 1 atom stereocenters. The third-order valence-corrected chi connectivity index (χ3v) is 4.66. The molecule has 2 aliphatic rings. The minimum atomic E-state index is -0.475. The van der Waals surface area contributed by atoms with Crippen molar-refractivity contribution in [1.82, 2.24) is 10.2 Å². The molecule has 132 valence electrons. The molecule has 1 N–H and O–H groups in total. The molecule has 23 heavy (non-hydrogen) atoms. The Balaban J connectivity index is 1.78. The molecule has 1 heterocycles. The number of carbonyl (C=O) groups excluding carboxylic acids is 2. The molecular formula is C18H32N2O3. The van der Waals surface area contributed by atoms with Crippen molar-refractivity contribution in [2.75, 3.05) is 13.1 Å². The highest BCUT2D eigenvalue weighted by Crippen LogP contribution is 2.23. The molecular weight excluding hydrogens is 292 g/mol. The van der Waals surface area contributed by atoms with Crippen LogP contribution in [0.5, 0.6) is 0 Å². The zero-order valence-electron chi connectivity index (χ0n) is 14.9. The van der Waals surface area contributed by atoms with Gasteiger partial charge >= 0.3 is 6.09 Å². The van der Waals surface area contributed by atoms with Crippen molar-refractivity contribution in [2.24, 2.45) is 5.92 Å². The SMILES string of the molecule is CC(C)(C)OC(=O)N1CC[C@@H](NC(=O)C2CCCCCCC2)C1. The lowest BCUT2D eigenvalue weighted by Crippen LogP contribution is -2.42. The highest BCUT2D eigenvalue weighted by atomic mass is 16.6. The Morgan fingerprint density at radius 3 is 2.22 bits per heavy atom. The molecule has 2 fully saturated rings. The number of carbonyl (C=O) groups is 2. The molecule has 5 heteroatoms. The van der Waals surface area contributed by atoms with Gasteiger partial charge in [0.1, 0.15) is 5.60 Å². The van der Waals surface area contributed by atoms with Gasteiger partial charge in [0.05, 0.1) is 0 Å². The summed E-state index contributed by atoms with van der Waals surface area (Å²) in [5, 5.41) is 3.16. The Morgan fingerprint density at radius 1 is 1.00 bits per heavy atom. The Kier molecular flexibility index (Phi) is 6.31. The highest BCUT2D eigenvalue weighted by Gasteiger charge is 2.31. The molecule has 1 saturated carbocycles. The van der Waals surface area contributed by atoms with Crippen LogP contribution in [-0.4, -0.2) is 41.6 Å². The predicted molar refractivity (Wildman–Crippen MR) is 90.2 cm³/mol. The van der Waals surface area contributed by atoms with Gasteiger partial charge in [-0.15, -0.1) is 0 Å². The third-order valence-electron chi connectivity index (χ3n) is 4.66. The van der Waals surface area contributed by atoms with E-state index in [0.29, 0.717) is 13.1 Å². The Labute approximate surface area is 140 Å². The van der Waals surface area contributed by atoms with Gasteiger partial charge in [0.25, 0.3) is 0 Å². The number of hydrogen-bond acceptors (Lipinski definition) is 3. The predicted octanol–water partition coefficient (Wildman–Crippen LogP) is 3.47. The van der Waals surface area contributed by atoms with Gasteiger partial charge in [-0.05, 0) is 40.0 Å². The third kappa shape index (κ3) is 6.04. The van der Waals surface area contributed by atoms with Crippen molar-refractivity contribution in [1.29, 1.82) is 0 Å². The molecule has 0 aromatic rings. The van der Waals surface area contributed by atoms with Crippen molar-refractivity contribution in [3.63, 3.8) is 0 Å². The monoisotopic (exact) mass is 324 g/mol. The summed E-state index contributed by atoms with van der Waals surface area (Å²) < 4.78 is 5.40. The normalized spacial score (nSPS) is 24.0. The summed E-state index contributed by atoms with van der Waals surface area (Å²) in [6, 6.07) is 0.0699. The van der Waals surface area contributed by atoms with Gasteiger partial charge in [-0.1, -0.05) is 32.1 Å². The van der Waals surface area contributed by atoms with Crippen LogP contribution in [0.25, 0.3) is 0 Å². The van der Waals surface area contributed by atoms with E-state index in [1.165, 1.54) is 19.3 Å². The Bertz CT molecular complexity index is 409. The zero-order chi connectivity index (χ0) is 16.9. The number of nitrogens with zero attached hydrogens (tertiary/aromatic N) is 1. The number of rotatable bonds is 2. The fraction of sp³-hybridized carbons (Fsp3) is 0.889. The first-order valence-corrected chi connectivity index (χ1v) is 9.13. The fourth-order valence-corrected chi connectivity index (χ4v) is 3.41. The molecule has 1 aliphatic carbocycles.